The van der Waals surface area contributed by atoms with Crippen molar-refractivity contribution in [3.8, 4) is 17.1 Å². The number of cyclic esters (lactones) is 1. The molecule has 2 aromatic heterocycles. The molecule has 8 nitrogen and oxygen atoms in total. The Morgan fingerprint density at radius 1 is 1.28 bits per heavy atom. The second kappa shape index (κ2) is 5.88. The van der Waals surface area contributed by atoms with Crippen molar-refractivity contribution in [2.75, 3.05) is 0 Å². The Morgan fingerprint density at radius 3 is 2.83 bits per heavy atom. The lowest BCUT2D eigenvalue weighted by molar-refractivity contribution is -0.170. The number of carbonyl (C=O) groups is 1. The van der Waals surface area contributed by atoms with Crippen LogP contribution in [-0.4, -0.2) is 36.9 Å². The molecule has 0 saturated carbocycles. The van der Waals surface area contributed by atoms with E-state index in [1.54, 1.807) is 25.1 Å². The quantitative estimate of drug-likeness (QED) is 0.414. The van der Waals surface area contributed by atoms with E-state index in [0.717, 1.165) is 10.9 Å². The van der Waals surface area contributed by atoms with E-state index < -0.39 is 23.2 Å². The van der Waals surface area contributed by atoms with E-state index in [0.29, 0.717) is 16.9 Å². The van der Waals surface area contributed by atoms with Crippen LogP contribution < -0.4 is 5.56 Å². The standard InChI is InChI=1S/C21H18N2O6/c1-2-21(28)14-7-16-17-11(5-10-6-12(24)3-4-15(10)22-17)8-23(16)19(26)13(14)9-29-20(27)18(21)25/h3-7,18,24-25,28H,2,8-9H2,1H3/t18-,21-/m0/s1. The van der Waals surface area contributed by atoms with Gasteiger partial charge >= 0.3 is 5.97 Å². The Kier molecular flexibility index (Phi) is 3.62. The molecule has 0 unspecified atom stereocenters. The molecule has 1 aromatic carbocycles. The first-order chi connectivity index (χ1) is 13.8. The van der Waals surface area contributed by atoms with E-state index in [2.05, 4.69) is 4.98 Å². The summed E-state index contributed by atoms with van der Waals surface area (Å²) in [6, 6.07) is 8.32. The zero-order chi connectivity index (χ0) is 20.5. The first-order valence-corrected chi connectivity index (χ1v) is 9.30. The van der Waals surface area contributed by atoms with Gasteiger partial charge in [-0.3, -0.25) is 4.79 Å². The molecule has 2 atom stereocenters. The molecule has 0 bridgehead atoms. The number of nitrogens with zero attached hydrogens (tertiary/aromatic N) is 2. The number of aromatic nitrogens is 2. The van der Waals surface area contributed by atoms with Gasteiger partial charge in [-0.15, -0.1) is 0 Å². The largest absolute Gasteiger partial charge is 0.508 e. The van der Waals surface area contributed by atoms with Gasteiger partial charge in [-0.1, -0.05) is 6.92 Å². The predicted octanol–water partition coefficient (Wildman–Crippen LogP) is 1.15. The summed E-state index contributed by atoms with van der Waals surface area (Å²) in [7, 11) is 0. The monoisotopic (exact) mass is 394 g/mol. The minimum Gasteiger partial charge on any atom is -0.508 e. The molecule has 2 aliphatic rings. The topological polar surface area (TPSA) is 122 Å². The van der Waals surface area contributed by atoms with E-state index in [9.17, 15) is 24.9 Å². The first-order valence-electron chi connectivity index (χ1n) is 9.30. The number of carbonyl (C=O) groups excluding carboxylic acids is 1. The van der Waals surface area contributed by atoms with Crippen LogP contribution in [0.4, 0.5) is 0 Å². The zero-order valence-corrected chi connectivity index (χ0v) is 15.5. The van der Waals surface area contributed by atoms with E-state index in [1.165, 1.54) is 10.6 Å². The van der Waals surface area contributed by atoms with Crippen molar-refractivity contribution in [2.24, 2.45) is 0 Å². The third-order valence-corrected chi connectivity index (χ3v) is 5.89. The van der Waals surface area contributed by atoms with Crippen molar-refractivity contribution >= 4 is 16.9 Å². The number of phenolic OH excluding ortho intramolecular Hbond substituents is 1. The number of pyridine rings is 2. The molecule has 0 radical (unpaired) electrons. The van der Waals surface area contributed by atoms with Crippen LogP contribution in [0.5, 0.6) is 5.75 Å². The van der Waals surface area contributed by atoms with Gasteiger partial charge < -0.3 is 24.6 Å². The molecular formula is C21H18N2O6. The summed E-state index contributed by atoms with van der Waals surface area (Å²) < 4.78 is 6.55. The molecule has 148 valence electrons. The number of ether oxygens (including phenoxy) is 1. The number of aliphatic hydroxyl groups is 2. The molecule has 3 N–H and O–H groups in total. The molecule has 0 amide bonds. The SMILES string of the molecule is CC[C@]1(O)c2cc3n(c(=O)c2COC(=O)[C@@H]1O)Cc1cc2cc(O)ccc2nc1-3. The van der Waals surface area contributed by atoms with Crippen LogP contribution in [0, 0.1) is 0 Å². The maximum absolute atomic E-state index is 13.2. The summed E-state index contributed by atoms with van der Waals surface area (Å²) in [5, 5.41) is 31.9. The summed E-state index contributed by atoms with van der Waals surface area (Å²) in [6.45, 7) is 1.59. The van der Waals surface area contributed by atoms with Crippen molar-refractivity contribution in [1.29, 1.82) is 0 Å². The molecule has 0 fully saturated rings. The van der Waals surface area contributed by atoms with Gasteiger partial charge in [-0.05, 0) is 36.8 Å². The van der Waals surface area contributed by atoms with Crippen LogP contribution in [-0.2, 0) is 28.3 Å². The van der Waals surface area contributed by atoms with Crippen LogP contribution >= 0.6 is 0 Å². The molecule has 0 aliphatic carbocycles. The van der Waals surface area contributed by atoms with Gasteiger partial charge in [0, 0.05) is 16.5 Å². The molecule has 2 aliphatic heterocycles. The van der Waals surface area contributed by atoms with E-state index in [4.69, 9.17) is 4.74 Å². The Bertz CT molecular complexity index is 1260. The molecular weight excluding hydrogens is 376 g/mol. The van der Waals surface area contributed by atoms with Gasteiger partial charge in [0.15, 0.2) is 6.10 Å². The fourth-order valence-electron chi connectivity index (χ4n) is 4.24. The molecule has 0 saturated heterocycles. The van der Waals surface area contributed by atoms with Gasteiger partial charge in [0.25, 0.3) is 5.56 Å². The third kappa shape index (κ3) is 2.36. The highest BCUT2D eigenvalue weighted by molar-refractivity contribution is 5.85. The Hall–Kier alpha value is -3.23. The minimum atomic E-state index is -1.93. The first kappa shape index (κ1) is 17.8. The second-order valence-electron chi connectivity index (χ2n) is 7.47. The third-order valence-electron chi connectivity index (χ3n) is 5.89. The van der Waals surface area contributed by atoms with Crippen LogP contribution in [0.25, 0.3) is 22.3 Å². The predicted molar refractivity (Wildman–Crippen MR) is 102 cm³/mol. The van der Waals surface area contributed by atoms with Crippen molar-refractivity contribution in [1.82, 2.24) is 9.55 Å². The molecule has 8 heteroatoms. The van der Waals surface area contributed by atoms with E-state index in [-0.39, 0.29) is 36.4 Å². The number of hydrogen-bond donors (Lipinski definition) is 3. The second-order valence-corrected chi connectivity index (χ2v) is 7.47. The highest BCUT2D eigenvalue weighted by atomic mass is 16.6. The summed E-state index contributed by atoms with van der Waals surface area (Å²) in [6.07, 6.45) is -1.76. The summed E-state index contributed by atoms with van der Waals surface area (Å²) in [5.74, 6) is -0.832. The molecule has 5 rings (SSSR count). The zero-order valence-electron chi connectivity index (χ0n) is 15.5. The Balaban J connectivity index is 1.79. The van der Waals surface area contributed by atoms with Gasteiger partial charge in [-0.25, -0.2) is 9.78 Å². The molecule has 4 heterocycles. The molecule has 0 spiro atoms. The van der Waals surface area contributed by atoms with Crippen LogP contribution in [0.15, 0.2) is 35.1 Å². The lowest BCUT2D eigenvalue weighted by atomic mass is 9.83. The van der Waals surface area contributed by atoms with Crippen molar-refractivity contribution < 1.29 is 24.9 Å². The normalized spacial score (nSPS) is 22.6. The highest BCUT2D eigenvalue weighted by Gasteiger charge is 2.46. The highest BCUT2D eigenvalue weighted by Crippen LogP contribution is 2.39. The van der Waals surface area contributed by atoms with E-state index in [1.807, 2.05) is 6.07 Å². The molecule has 29 heavy (non-hydrogen) atoms. The minimum absolute atomic E-state index is 0.0242. The van der Waals surface area contributed by atoms with Gasteiger partial charge in [0.2, 0.25) is 0 Å². The van der Waals surface area contributed by atoms with Crippen molar-refractivity contribution in [3.05, 3.63) is 57.4 Å². The number of hydrogen-bond acceptors (Lipinski definition) is 7. The number of benzene rings is 1. The Labute approximate surface area is 164 Å². The average molecular weight is 394 g/mol. The summed E-state index contributed by atoms with van der Waals surface area (Å²) in [5.41, 5.74) is 0.576. The summed E-state index contributed by atoms with van der Waals surface area (Å²) in [4.78, 5) is 29.9. The average Bonchev–Trinajstić information content (AvgIpc) is 3.03. The maximum Gasteiger partial charge on any atom is 0.338 e. The number of aliphatic hydroxyl groups excluding tert-OH is 1. The van der Waals surface area contributed by atoms with Crippen molar-refractivity contribution in [3.63, 3.8) is 0 Å². The molecule has 3 aromatic rings. The fraction of sp³-hybridized carbons (Fsp3) is 0.286. The van der Waals surface area contributed by atoms with Crippen molar-refractivity contribution in [2.45, 2.75) is 38.2 Å². The number of aromatic hydroxyl groups is 1. The maximum atomic E-state index is 13.2. The number of phenols is 1. The fourth-order valence-corrected chi connectivity index (χ4v) is 4.24. The number of esters is 1. The van der Waals surface area contributed by atoms with Gasteiger partial charge in [0.05, 0.1) is 29.0 Å². The number of fused-ring (bicyclic) bond motifs is 5. The smallest absolute Gasteiger partial charge is 0.338 e. The summed E-state index contributed by atoms with van der Waals surface area (Å²) >= 11 is 0. The lowest BCUT2D eigenvalue weighted by Gasteiger charge is -2.30. The van der Waals surface area contributed by atoms with Gasteiger partial charge in [0.1, 0.15) is 18.0 Å². The number of rotatable bonds is 1. The van der Waals surface area contributed by atoms with Crippen LogP contribution in [0.3, 0.4) is 0 Å². The van der Waals surface area contributed by atoms with E-state index >= 15 is 0 Å². The lowest BCUT2D eigenvalue weighted by Crippen LogP contribution is -2.44. The Morgan fingerprint density at radius 2 is 2.07 bits per heavy atom. The van der Waals surface area contributed by atoms with Crippen LogP contribution in [0.1, 0.15) is 30.0 Å². The van der Waals surface area contributed by atoms with Crippen LogP contribution in [0.2, 0.25) is 0 Å². The van der Waals surface area contributed by atoms with Gasteiger partial charge in [-0.2, -0.15) is 0 Å².